The molecule has 4 heteroatoms. The van der Waals surface area contributed by atoms with Crippen molar-refractivity contribution in [3.63, 3.8) is 0 Å². The van der Waals surface area contributed by atoms with Gasteiger partial charge in [0.2, 0.25) is 0 Å². The van der Waals surface area contributed by atoms with Gasteiger partial charge in [-0.05, 0) is 50.2 Å². The lowest BCUT2D eigenvalue weighted by Crippen LogP contribution is -2.35. The van der Waals surface area contributed by atoms with Crippen LogP contribution in [0.2, 0.25) is 5.02 Å². The SMILES string of the molecule is CCCC(C)NC(=S)Nc1cc(Cl)ccc1C. The van der Waals surface area contributed by atoms with E-state index in [1.165, 1.54) is 0 Å². The fourth-order valence-corrected chi connectivity index (χ4v) is 2.10. The van der Waals surface area contributed by atoms with Crippen LogP contribution in [0.5, 0.6) is 0 Å². The molecule has 1 atom stereocenters. The molecule has 0 bridgehead atoms. The summed E-state index contributed by atoms with van der Waals surface area (Å²) in [6.07, 6.45) is 2.25. The van der Waals surface area contributed by atoms with Crippen LogP contribution < -0.4 is 10.6 Å². The average molecular weight is 271 g/mol. The van der Waals surface area contributed by atoms with Gasteiger partial charge in [-0.2, -0.15) is 0 Å². The maximum Gasteiger partial charge on any atom is 0.170 e. The molecule has 1 unspecified atom stereocenters. The van der Waals surface area contributed by atoms with E-state index in [0.717, 1.165) is 24.1 Å². The van der Waals surface area contributed by atoms with Crippen LogP contribution in [0.1, 0.15) is 32.3 Å². The Morgan fingerprint density at radius 2 is 2.18 bits per heavy atom. The molecule has 94 valence electrons. The average Bonchev–Trinajstić information content (AvgIpc) is 2.23. The van der Waals surface area contributed by atoms with Gasteiger partial charge in [0.05, 0.1) is 0 Å². The Balaban J connectivity index is 2.58. The number of hydrogen-bond acceptors (Lipinski definition) is 1. The zero-order valence-electron chi connectivity index (χ0n) is 10.5. The molecule has 0 aliphatic carbocycles. The third-order valence-electron chi connectivity index (χ3n) is 2.55. The third kappa shape index (κ3) is 4.92. The van der Waals surface area contributed by atoms with Crippen molar-refractivity contribution in [3.8, 4) is 0 Å². The molecule has 2 nitrogen and oxygen atoms in total. The van der Waals surface area contributed by atoms with E-state index in [0.29, 0.717) is 16.2 Å². The summed E-state index contributed by atoms with van der Waals surface area (Å²) in [5.74, 6) is 0. The van der Waals surface area contributed by atoms with Crippen molar-refractivity contribution in [1.82, 2.24) is 5.32 Å². The molecule has 0 aliphatic heterocycles. The van der Waals surface area contributed by atoms with Gasteiger partial charge in [-0.1, -0.05) is 31.0 Å². The normalized spacial score (nSPS) is 12.0. The summed E-state index contributed by atoms with van der Waals surface area (Å²) in [6.45, 7) is 6.31. The predicted octanol–water partition coefficient (Wildman–Crippen LogP) is 4.12. The number of hydrogen-bond donors (Lipinski definition) is 2. The molecule has 0 saturated carbocycles. The van der Waals surface area contributed by atoms with Crippen molar-refractivity contribution >= 4 is 34.6 Å². The van der Waals surface area contributed by atoms with Crippen molar-refractivity contribution in [3.05, 3.63) is 28.8 Å². The zero-order valence-corrected chi connectivity index (χ0v) is 12.1. The second kappa shape index (κ2) is 6.82. The van der Waals surface area contributed by atoms with Gasteiger partial charge in [-0.25, -0.2) is 0 Å². The Kier molecular flexibility index (Phi) is 5.72. The highest BCUT2D eigenvalue weighted by molar-refractivity contribution is 7.80. The molecule has 0 aliphatic rings. The van der Waals surface area contributed by atoms with E-state index in [1.54, 1.807) is 0 Å². The predicted molar refractivity (Wildman–Crippen MR) is 79.9 cm³/mol. The topological polar surface area (TPSA) is 24.1 Å². The van der Waals surface area contributed by atoms with E-state index in [2.05, 4.69) is 24.5 Å². The van der Waals surface area contributed by atoms with E-state index in [4.69, 9.17) is 23.8 Å². The zero-order chi connectivity index (χ0) is 12.8. The molecule has 0 heterocycles. The van der Waals surface area contributed by atoms with Gasteiger partial charge in [0.15, 0.2) is 5.11 Å². The molecule has 0 aromatic heterocycles. The van der Waals surface area contributed by atoms with E-state index in [9.17, 15) is 0 Å². The Labute approximate surface area is 114 Å². The largest absolute Gasteiger partial charge is 0.360 e. The molecule has 0 radical (unpaired) electrons. The monoisotopic (exact) mass is 270 g/mol. The minimum Gasteiger partial charge on any atom is -0.360 e. The van der Waals surface area contributed by atoms with Gasteiger partial charge < -0.3 is 10.6 Å². The Morgan fingerprint density at radius 1 is 1.47 bits per heavy atom. The summed E-state index contributed by atoms with van der Waals surface area (Å²) < 4.78 is 0. The fourth-order valence-electron chi connectivity index (χ4n) is 1.62. The summed E-state index contributed by atoms with van der Waals surface area (Å²) in [5, 5.41) is 7.79. The van der Waals surface area contributed by atoms with Gasteiger partial charge in [0, 0.05) is 16.8 Å². The first kappa shape index (κ1) is 14.3. The standard InChI is InChI=1S/C13H19ClN2S/c1-4-5-10(3)15-13(17)16-12-8-11(14)7-6-9(12)2/h6-8,10H,4-5H2,1-3H3,(H2,15,16,17). The van der Waals surface area contributed by atoms with Crippen LogP contribution in [0.25, 0.3) is 0 Å². The Hall–Kier alpha value is -0.800. The van der Waals surface area contributed by atoms with Gasteiger partial charge in [-0.15, -0.1) is 0 Å². The maximum atomic E-state index is 5.95. The lowest BCUT2D eigenvalue weighted by molar-refractivity contribution is 0.599. The molecule has 17 heavy (non-hydrogen) atoms. The molecule has 0 spiro atoms. The lowest BCUT2D eigenvalue weighted by atomic mass is 10.2. The number of nitrogens with one attached hydrogen (secondary N) is 2. The number of rotatable bonds is 4. The first-order chi connectivity index (χ1) is 8.02. The molecule has 1 rings (SSSR count). The van der Waals surface area contributed by atoms with Crippen molar-refractivity contribution in [2.24, 2.45) is 0 Å². The molecular weight excluding hydrogens is 252 g/mol. The van der Waals surface area contributed by atoms with E-state index in [1.807, 2.05) is 25.1 Å². The quantitative estimate of drug-likeness (QED) is 0.805. The summed E-state index contributed by atoms with van der Waals surface area (Å²) in [5.41, 5.74) is 2.08. The molecular formula is C13H19ClN2S. The number of benzene rings is 1. The Bertz CT molecular complexity index is 393. The highest BCUT2D eigenvalue weighted by Gasteiger charge is 2.05. The molecule has 1 aromatic carbocycles. The van der Waals surface area contributed by atoms with E-state index < -0.39 is 0 Å². The first-order valence-corrected chi connectivity index (χ1v) is 6.65. The summed E-state index contributed by atoms with van der Waals surface area (Å²) in [7, 11) is 0. The number of aryl methyl sites for hydroxylation is 1. The summed E-state index contributed by atoms with van der Waals surface area (Å²) in [4.78, 5) is 0. The van der Waals surface area contributed by atoms with Crippen LogP contribution >= 0.6 is 23.8 Å². The Morgan fingerprint density at radius 3 is 2.82 bits per heavy atom. The van der Waals surface area contributed by atoms with Gasteiger partial charge in [-0.3, -0.25) is 0 Å². The lowest BCUT2D eigenvalue weighted by Gasteiger charge is -2.17. The van der Waals surface area contributed by atoms with Crippen molar-refractivity contribution in [2.75, 3.05) is 5.32 Å². The minimum absolute atomic E-state index is 0.388. The van der Waals surface area contributed by atoms with Crippen molar-refractivity contribution in [1.29, 1.82) is 0 Å². The molecule has 1 aromatic rings. The fraction of sp³-hybridized carbons (Fsp3) is 0.462. The second-order valence-corrected chi connectivity index (χ2v) is 5.09. The molecule has 0 amide bonds. The van der Waals surface area contributed by atoms with Crippen LogP contribution in [-0.2, 0) is 0 Å². The highest BCUT2D eigenvalue weighted by Crippen LogP contribution is 2.20. The van der Waals surface area contributed by atoms with Crippen LogP contribution in [0, 0.1) is 6.92 Å². The van der Waals surface area contributed by atoms with Crippen LogP contribution in [0.4, 0.5) is 5.69 Å². The van der Waals surface area contributed by atoms with E-state index in [-0.39, 0.29) is 0 Å². The minimum atomic E-state index is 0.388. The van der Waals surface area contributed by atoms with Crippen molar-refractivity contribution in [2.45, 2.75) is 39.7 Å². The maximum absolute atomic E-state index is 5.95. The molecule has 0 fully saturated rings. The molecule has 2 N–H and O–H groups in total. The van der Waals surface area contributed by atoms with Crippen LogP contribution in [0.3, 0.4) is 0 Å². The van der Waals surface area contributed by atoms with Crippen LogP contribution in [-0.4, -0.2) is 11.2 Å². The third-order valence-corrected chi connectivity index (χ3v) is 3.00. The van der Waals surface area contributed by atoms with Crippen LogP contribution in [0.15, 0.2) is 18.2 Å². The van der Waals surface area contributed by atoms with E-state index >= 15 is 0 Å². The highest BCUT2D eigenvalue weighted by atomic mass is 35.5. The van der Waals surface area contributed by atoms with Gasteiger partial charge >= 0.3 is 0 Å². The van der Waals surface area contributed by atoms with Gasteiger partial charge in [0.25, 0.3) is 0 Å². The number of halogens is 1. The summed E-state index contributed by atoms with van der Waals surface area (Å²) >= 11 is 11.2. The smallest absolute Gasteiger partial charge is 0.170 e. The van der Waals surface area contributed by atoms with Crippen molar-refractivity contribution < 1.29 is 0 Å². The second-order valence-electron chi connectivity index (χ2n) is 4.25. The first-order valence-electron chi connectivity index (χ1n) is 5.86. The number of anilines is 1. The number of thiocarbonyl (C=S) groups is 1. The molecule has 0 saturated heterocycles. The van der Waals surface area contributed by atoms with Gasteiger partial charge in [0.1, 0.15) is 0 Å². The summed E-state index contributed by atoms with van der Waals surface area (Å²) in [6, 6.07) is 6.12.